The summed E-state index contributed by atoms with van der Waals surface area (Å²) >= 11 is 5.21. The van der Waals surface area contributed by atoms with Gasteiger partial charge in [-0.15, -0.1) is 27.2 Å². The molecule has 25 heavy (non-hydrogen) atoms. The van der Waals surface area contributed by atoms with E-state index < -0.39 is 0 Å². The van der Waals surface area contributed by atoms with Gasteiger partial charge in [0.15, 0.2) is 5.82 Å². The lowest BCUT2D eigenvalue weighted by Crippen LogP contribution is -2.13. The van der Waals surface area contributed by atoms with Crippen molar-refractivity contribution in [3.05, 3.63) is 58.6 Å². The largest absolute Gasteiger partial charge is 0.497 e. The quantitative estimate of drug-likeness (QED) is 0.546. The van der Waals surface area contributed by atoms with Crippen LogP contribution in [-0.4, -0.2) is 33.4 Å². The van der Waals surface area contributed by atoms with Crippen molar-refractivity contribution in [2.24, 2.45) is 5.10 Å². The first kappa shape index (κ1) is 18.2. The number of halogens is 2. The first-order valence-electron chi connectivity index (χ1n) is 7.31. The molecule has 2 aromatic carbocycles. The highest BCUT2D eigenvalue weighted by molar-refractivity contribution is 9.10. The Labute approximate surface area is 168 Å². The second kappa shape index (κ2) is 7.72. The summed E-state index contributed by atoms with van der Waals surface area (Å²) in [6.07, 6.45) is 0. The van der Waals surface area contributed by atoms with Gasteiger partial charge >= 0.3 is 0 Å². The number of thioether (sulfide) groups is 1. The van der Waals surface area contributed by atoms with E-state index in [0.717, 1.165) is 43.8 Å². The van der Waals surface area contributed by atoms with E-state index in [-0.39, 0.29) is 17.0 Å². The highest BCUT2D eigenvalue weighted by Crippen LogP contribution is 2.32. The molecule has 0 aliphatic carbocycles. The number of benzene rings is 2. The van der Waals surface area contributed by atoms with Gasteiger partial charge < -0.3 is 4.74 Å². The highest BCUT2D eigenvalue weighted by Gasteiger charge is 2.21. The molecule has 1 aliphatic heterocycles. The van der Waals surface area contributed by atoms with Crippen molar-refractivity contribution in [2.75, 3.05) is 12.9 Å². The Morgan fingerprint density at radius 3 is 2.56 bits per heavy atom. The van der Waals surface area contributed by atoms with Crippen molar-refractivity contribution in [1.82, 2.24) is 14.9 Å². The zero-order chi connectivity index (χ0) is 16.5. The fourth-order valence-electron chi connectivity index (χ4n) is 2.46. The molecule has 0 bridgehead atoms. The summed E-state index contributed by atoms with van der Waals surface area (Å²) in [5.74, 6) is 2.33. The minimum Gasteiger partial charge on any atom is -0.497 e. The van der Waals surface area contributed by atoms with Gasteiger partial charge in [0.2, 0.25) is 5.16 Å². The van der Waals surface area contributed by atoms with Crippen LogP contribution >= 0.6 is 44.7 Å². The van der Waals surface area contributed by atoms with Crippen molar-refractivity contribution in [1.29, 1.82) is 0 Å². The van der Waals surface area contributed by atoms with Gasteiger partial charge in [-0.3, -0.25) is 0 Å². The van der Waals surface area contributed by atoms with Gasteiger partial charge in [0.1, 0.15) is 5.75 Å². The highest BCUT2D eigenvalue weighted by atomic mass is 79.9. The average Bonchev–Trinajstić information content (AvgIpc) is 3.05. The molecule has 0 radical (unpaired) electrons. The van der Waals surface area contributed by atoms with Crippen LogP contribution in [0.25, 0.3) is 11.4 Å². The number of aromatic nitrogens is 3. The van der Waals surface area contributed by atoms with Crippen molar-refractivity contribution >= 4 is 50.4 Å². The Hall–Kier alpha value is -1.64. The zero-order valence-corrected chi connectivity index (χ0v) is 17.3. The van der Waals surface area contributed by atoms with E-state index in [1.807, 2.05) is 53.2 Å². The third kappa shape index (κ3) is 3.51. The first-order chi connectivity index (χ1) is 11.8. The Morgan fingerprint density at radius 2 is 1.84 bits per heavy atom. The van der Waals surface area contributed by atoms with Gasteiger partial charge in [-0.05, 0) is 42.0 Å². The minimum absolute atomic E-state index is 0. The summed E-state index contributed by atoms with van der Waals surface area (Å²) in [5, 5.41) is 14.2. The van der Waals surface area contributed by atoms with Gasteiger partial charge in [-0.2, -0.15) is 9.78 Å². The Balaban J connectivity index is 0.00000182. The molecule has 0 amide bonds. The molecule has 0 saturated heterocycles. The van der Waals surface area contributed by atoms with Gasteiger partial charge in [-0.25, -0.2) is 0 Å². The maximum Gasteiger partial charge on any atom is 0.212 e. The molecule has 0 saturated carbocycles. The lowest BCUT2D eigenvalue weighted by Gasteiger charge is -2.14. The summed E-state index contributed by atoms with van der Waals surface area (Å²) in [6, 6.07) is 15.9. The molecule has 0 spiro atoms. The summed E-state index contributed by atoms with van der Waals surface area (Å²) in [5.41, 5.74) is 3.03. The fraction of sp³-hybridized carbons (Fsp3) is 0.118. The molecule has 128 valence electrons. The van der Waals surface area contributed by atoms with Crippen LogP contribution < -0.4 is 4.74 Å². The smallest absolute Gasteiger partial charge is 0.212 e. The number of nitrogens with zero attached hydrogens (tertiary/aromatic N) is 4. The van der Waals surface area contributed by atoms with E-state index in [1.54, 1.807) is 18.9 Å². The fourth-order valence-corrected chi connectivity index (χ4v) is 3.76. The normalized spacial score (nSPS) is 12.8. The summed E-state index contributed by atoms with van der Waals surface area (Å²) < 4.78 is 8.00. The zero-order valence-electron chi connectivity index (χ0n) is 13.2. The maximum atomic E-state index is 5.21. The van der Waals surface area contributed by atoms with E-state index in [0.29, 0.717) is 0 Å². The Bertz CT molecular complexity index is 925. The second-order valence-electron chi connectivity index (χ2n) is 5.16. The number of ether oxygens (including phenoxy) is 1. The van der Waals surface area contributed by atoms with Crippen LogP contribution in [-0.2, 0) is 0 Å². The Kier molecular flexibility index (Phi) is 5.61. The number of rotatable bonds is 3. The topological polar surface area (TPSA) is 52.3 Å². The molecular formula is C17H14Br2N4OS. The van der Waals surface area contributed by atoms with Crippen LogP contribution in [0.4, 0.5) is 0 Å². The summed E-state index contributed by atoms with van der Waals surface area (Å²) in [7, 11) is 1.66. The standard InChI is InChI=1S/C17H13BrN4OS.BrH/c1-23-12-8-6-11(7-9-12)15-10-24-17-20-19-16(22(17)21-15)13-4-2-3-5-14(13)18;/h2-9H,10H2,1H3;1H. The van der Waals surface area contributed by atoms with E-state index in [2.05, 4.69) is 26.1 Å². The molecule has 1 aromatic heterocycles. The number of hydrogen-bond donors (Lipinski definition) is 0. The molecule has 0 atom stereocenters. The SMILES string of the molecule is Br.COc1ccc(C2=Nn3c(nnc3-c3ccccc3Br)SC2)cc1. The van der Waals surface area contributed by atoms with Gasteiger partial charge in [-0.1, -0.05) is 39.8 Å². The van der Waals surface area contributed by atoms with Gasteiger partial charge in [0.05, 0.1) is 12.8 Å². The van der Waals surface area contributed by atoms with Crippen molar-refractivity contribution in [3.8, 4) is 17.1 Å². The van der Waals surface area contributed by atoms with Crippen LogP contribution in [0.2, 0.25) is 0 Å². The van der Waals surface area contributed by atoms with E-state index in [9.17, 15) is 0 Å². The van der Waals surface area contributed by atoms with E-state index in [1.165, 1.54) is 0 Å². The Morgan fingerprint density at radius 1 is 1.08 bits per heavy atom. The van der Waals surface area contributed by atoms with E-state index >= 15 is 0 Å². The van der Waals surface area contributed by atoms with Crippen LogP contribution in [0.1, 0.15) is 5.56 Å². The monoisotopic (exact) mass is 480 g/mol. The van der Waals surface area contributed by atoms with Crippen LogP contribution in [0.5, 0.6) is 5.75 Å². The van der Waals surface area contributed by atoms with Crippen LogP contribution in [0.3, 0.4) is 0 Å². The molecule has 5 nitrogen and oxygen atoms in total. The third-order valence-electron chi connectivity index (χ3n) is 3.71. The lowest BCUT2D eigenvalue weighted by atomic mass is 10.1. The molecule has 2 heterocycles. The van der Waals surface area contributed by atoms with Crippen LogP contribution in [0, 0.1) is 0 Å². The molecule has 0 fully saturated rings. The second-order valence-corrected chi connectivity index (χ2v) is 6.96. The predicted octanol–water partition coefficient (Wildman–Crippen LogP) is 4.65. The molecule has 0 unspecified atom stereocenters. The summed E-state index contributed by atoms with van der Waals surface area (Å²) in [4.78, 5) is 0. The van der Waals surface area contributed by atoms with Crippen molar-refractivity contribution < 1.29 is 4.74 Å². The van der Waals surface area contributed by atoms with Gasteiger partial charge in [0.25, 0.3) is 0 Å². The molecule has 8 heteroatoms. The predicted molar refractivity (Wildman–Crippen MR) is 109 cm³/mol. The molecule has 3 aromatic rings. The summed E-state index contributed by atoms with van der Waals surface area (Å²) in [6.45, 7) is 0. The first-order valence-corrected chi connectivity index (χ1v) is 9.09. The molecule has 4 rings (SSSR count). The van der Waals surface area contributed by atoms with Crippen LogP contribution in [0.15, 0.2) is 63.3 Å². The third-order valence-corrected chi connectivity index (χ3v) is 5.33. The lowest BCUT2D eigenvalue weighted by molar-refractivity contribution is 0.415. The van der Waals surface area contributed by atoms with E-state index in [4.69, 9.17) is 9.84 Å². The number of methoxy groups -OCH3 is 1. The number of hydrogen-bond acceptors (Lipinski definition) is 5. The average molecular weight is 482 g/mol. The minimum atomic E-state index is 0. The van der Waals surface area contributed by atoms with Crippen molar-refractivity contribution in [2.45, 2.75) is 5.16 Å². The molecule has 0 N–H and O–H groups in total. The maximum absolute atomic E-state index is 5.21. The van der Waals surface area contributed by atoms with Gasteiger partial charge in [0, 0.05) is 15.8 Å². The molecule has 1 aliphatic rings. The molecular weight excluding hydrogens is 468 g/mol. The van der Waals surface area contributed by atoms with Crippen molar-refractivity contribution in [3.63, 3.8) is 0 Å². The number of fused-ring (bicyclic) bond motifs is 1.